The van der Waals surface area contributed by atoms with Crippen LogP contribution in [-0.2, 0) is 23.8 Å². The summed E-state index contributed by atoms with van der Waals surface area (Å²) in [5.74, 6) is -0.329. The topological polar surface area (TPSA) is 65.1 Å². The fourth-order valence-corrected chi connectivity index (χ4v) is 2.63. The van der Waals surface area contributed by atoms with Gasteiger partial charge in [-0.15, -0.1) is 0 Å². The summed E-state index contributed by atoms with van der Waals surface area (Å²) in [4.78, 5) is 25.4. The number of nitrogens with zero attached hydrogens (tertiary/aromatic N) is 1. The lowest BCUT2D eigenvalue weighted by Crippen LogP contribution is -2.44. The fourth-order valence-electron chi connectivity index (χ4n) is 2.63. The number of hydrogen-bond acceptors (Lipinski definition) is 5. The van der Waals surface area contributed by atoms with Gasteiger partial charge >= 0.3 is 5.97 Å². The Morgan fingerprint density at radius 1 is 1.20 bits per heavy atom. The molecular weight excluding hydrogens is 262 g/mol. The summed E-state index contributed by atoms with van der Waals surface area (Å²) >= 11 is 0. The predicted molar refractivity (Wildman–Crippen MR) is 71.2 cm³/mol. The number of ether oxygens (including phenoxy) is 3. The third kappa shape index (κ3) is 4.18. The molecule has 6 nitrogen and oxygen atoms in total. The molecule has 2 saturated heterocycles. The Hall–Kier alpha value is -1.14. The first-order valence-electron chi connectivity index (χ1n) is 7.29. The second kappa shape index (κ2) is 7.59. The summed E-state index contributed by atoms with van der Waals surface area (Å²) in [5.41, 5.74) is 0. The Morgan fingerprint density at radius 2 is 1.95 bits per heavy atom. The van der Waals surface area contributed by atoms with Gasteiger partial charge in [-0.05, 0) is 25.7 Å². The first-order chi connectivity index (χ1) is 9.70. The third-order valence-corrected chi connectivity index (χ3v) is 3.78. The van der Waals surface area contributed by atoms with Crippen molar-refractivity contribution in [3.63, 3.8) is 0 Å². The summed E-state index contributed by atoms with van der Waals surface area (Å²) in [5, 5.41) is 0. The van der Waals surface area contributed by atoms with Gasteiger partial charge in [0, 0.05) is 26.3 Å². The first-order valence-corrected chi connectivity index (χ1v) is 7.29. The number of carbonyl (C=O) groups is 2. The minimum atomic E-state index is -0.353. The van der Waals surface area contributed by atoms with Crippen molar-refractivity contribution in [2.45, 2.75) is 44.3 Å². The van der Waals surface area contributed by atoms with E-state index in [9.17, 15) is 9.59 Å². The van der Waals surface area contributed by atoms with Gasteiger partial charge in [-0.25, -0.2) is 0 Å². The normalized spacial score (nSPS) is 25.6. The lowest BCUT2D eigenvalue weighted by Gasteiger charge is -2.27. The maximum Gasteiger partial charge on any atom is 0.307 e. The van der Waals surface area contributed by atoms with E-state index in [1.54, 1.807) is 4.90 Å². The van der Waals surface area contributed by atoms with Crippen molar-refractivity contribution in [1.29, 1.82) is 0 Å². The predicted octanol–water partition coefficient (Wildman–Crippen LogP) is 0.736. The SMILES string of the molecule is COC(=O)CCN(CC1CCCO1)C(=O)C1CCCO1. The summed E-state index contributed by atoms with van der Waals surface area (Å²) in [6, 6.07) is 0. The van der Waals surface area contributed by atoms with Crippen LogP contribution in [0.5, 0.6) is 0 Å². The van der Waals surface area contributed by atoms with Crippen LogP contribution < -0.4 is 0 Å². The number of rotatable bonds is 6. The van der Waals surface area contributed by atoms with Gasteiger partial charge in [-0.2, -0.15) is 0 Å². The molecule has 2 fully saturated rings. The zero-order chi connectivity index (χ0) is 14.4. The van der Waals surface area contributed by atoms with Crippen molar-refractivity contribution >= 4 is 11.9 Å². The molecule has 2 heterocycles. The Kier molecular flexibility index (Phi) is 5.79. The van der Waals surface area contributed by atoms with Gasteiger partial charge in [0.05, 0.1) is 19.6 Å². The minimum absolute atomic E-state index is 0.0260. The van der Waals surface area contributed by atoms with Crippen molar-refractivity contribution in [1.82, 2.24) is 4.90 Å². The largest absolute Gasteiger partial charge is 0.469 e. The smallest absolute Gasteiger partial charge is 0.307 e. The molecule has 2 aliphatic heterocycles. The molecule has 114 valence electrons. The van der Waals surface area contributed by atoms with Gasteiger partial charge in [0.25, 0.3) is 5.91 Å². The molecule has 0 aliphatic carbocycles. The molecule has 0 radical (unpaired) electrons. The van der Waals surface area contributed by atoms with Crippen LogP contribution in [-0.4, -0.2) is 62.4 Å². The van der Waals surface area contributed by atoms with E-state index in [0.717, 1.165) is 32.3 Å². The molecule has 0 bridgehead atoms. The molecule has 2 rings (SSSR count). The van der Waals surface area contributed by atoms with Gasteiger partial charge in [0.15, 0.2) is 0 Å². The van der Waals surface area contributed by atoms with E-state index < -0.39 is 0 Å². The van der Waals surface area contributed by atoms with Crippen LogP contribution >= 0.6 is 0 Å². The number of methoxy groups -OCH3 is 1. The van der Waals surface area contributed by atoms with Crippen molar-refractivity contribution in [3.05, 3.63) is 0 Å². The molecule has 0 aromatic heterocycles. The number of carbonyl (C=O) groups excluding carboxylic acids is 2. The second-order valence-electron chi connectivity index (χ2n) is 5.25. The van der Waals surface area contributed by atoms with E-state index in [4.69, 9.17) is 9.47 Å². The van der Waals surface area contributed by atoms with Crippen molar-refractivity contribution in [2.24, 2.45) is 0 Å². The Morgan fingerprint density at radius 3 is 2.55 bits per heavy atom. The average molecular weight is 285 g/mol. The molecule has 0 saturated carbocycles. The molecule has 0 N–H and O–H groups in total. The highest BCUT2D eigenvalue weighted by molar-refractivity contribution is 5.81. The van der Waals surface area contributed by atoms with Gasteiger partial charge < -0.3 is 19.1 Å². The van der Waals surface area contributed by atoms with Crippen LogP contribution in [0.25, 0.3) is 0 Å². The van der Waals surface area contributed by atoms with Crippen LogP contribution in [0.1, 0.15) is 32.1 Å². The lowest BCUT2D eigenvalue weighted by atomic mass is 10.1. The van der Waals surface area contributed by atoms with E-state index >= 15 is 0 Å². The van der Waals surface area contributed by atoms with Crippen molar-refractivity contribution in [2.75, 3.05) is 33.4 Å². The van der Waals surface area contributed by atoms with Crippen LogP contribution in [0.4, 0.5) is 0 Å². The summed E-state index contributed by atoms with van der Waals surface area (Å²) < 4.78 is 15.7. The zero-order valence-corrected chi connectivity index (χ0v) is 12.0. The van der Waals surface area contributed by atoms with E-state index in [2.05, 4.69) is 4.74 Å². The molecule has 2 unspecified atom stereocenters. The molecule has 20 heavy (non-hydrogen) atoms. The number of esters is 1. The quantitative estimate of drug-likeness (QED) is 0.673. The highest BCUT2D eigenvalue weighted by atomic mass is 16.5. The second-order valence-corrected chi connectivity index (χ2v) is 5.25. The Labute approximate surface area is 119 Å². The highest BCUT2D eigenvalue weighted by Crippen LogP contribution is 2.18. The van der Waals surface area contributed by atoms with E-state index in [1.807, 2.05) is 0 Å². The van der Waals surface area contributed by atoms with Crippen molar-refractivity contribution in [3.8, 4) is 0 Å². The molecule has 0 spiro atoms. The first kappa shape index (κ1) is 15.3. The summed E-state index contributed by atoms with van der Waals surface area (Å²) in [6.07, 6.45) is 3.62. The van der Waals surface area contributed by atoms with Gasteiger partial charge in [0.1, 0.15) is 6.10 Å². The van der Waals surface area contributed by atoms with E-state index in [-0.39, 0.29) is 30.5 Å². The van der Waals surface area contributed by atoms with Gasteiger partial charge in [0.2, 0.25) is 0 Å². The fraction of sp³-hybridized carbons (Fsp3) is 0.857. The minimum Gasteiger partial charge on any atom is -0.469 e. The van der Waals surface area contributed by atoms with Crippen LogP contribution in [0.2, 0.25) is 0 Å². The number of hydrogen-bond donors (Lipinski definition) is 0. The standard InChI is InChI=1S/C14H23NO5/c1-18-13(16)6-7-15(10-11-4-2-8-19-11)14(17)12-5-3-9-20-12/h11-12H,2-10H2,1H3. The molecule has 0 aromatic carbocycles. The molecule has 0 aromatic rings. The molecular formula is C14H23NO5. The molecule has 1 amide bonds. The average Bonchev–Trinajstić information content (AvgIpc) is 3.14. The summed E-state index contributed by atoms with van der Waals surface area (Å²) in [6.45, 7) is 2.30. The lowest BCUT2D eigenvalue weighted by molar-refractivity contribution is -0.145. The van der Waals surface area contributed by atoms with Gasteiger partial charge in [-0.3, -0.25) is 9.59 Å². The maximum atomic E-state index is 12.4. The summed E-state index contributed by atoms with van der Waals surface area (Å²) in [7, 11) is 1.36. The molecule has 2 aliphatic rings. The third-order valence-electron chi connectivity index (χ3n) is 3.78. The van der Waals surface area contributed by atoms with Gasteiger partial charge in [-0.1, -0.05) is 0 Å². The maximum absolute atomic E-state index is 12.4. The van der Waals surface area contributed by atoms with Crippen LogP contribution in [0.3, 0.4) is 0 Å². The Bertz CT molecular complexity index is 334. The van der Waals surface area contributed by atoms with Crippen LogP contribution in [0.15, 0.2) is 0 Å². The monoisotopic (exact) mass is 285 g/mol. The highest BCUT2D eigenvalue weighted by Gasteiger charge is 2.30. The molecule has 2 atom stereocenters. The van der Waals surface area contributed by atoms with E-state index in [1.165, 1.54) is 7.11 Å². The van der Waals surface area contributed by atoms with Crippen molar-refractivity contribution < 1.29 is 23.8 Å². The number of amides is 1. The van der Waals surface area contributed by atoms with E-state index in [0.29, 0.717) is 19.7 Å². The Balaban J connectivity index is 1.90. The van der Waals surface area contributed by atoms with Crippen LogP contribution in [0, 0.1) is 0 Å². The molecule has 6 heteroatoms. The zero-order valence-electron chi connectivity index (χ0n) is 12.0.